The molecule has 3 aromatic rings. The summed E-state index contributed by atoms with van der Waals surface area (Å²) in [5.41, 5.74) is 1.62. The van der Waals surface area contributed by atoms with Gasteiger partial charge in [0.2, 0.25) is 0 Å². The van der Waals surface area contributed by atoms with Gasteiger partial charge in [-0.1, -0.05) is 48.5 Å². The van der Waals surface area contributed by atoms with E-state index in [2.05, 4.69) is 30.3 Å². The van der Waals surface area contributed by atoms with Gasteiger partial charge < -0.3 is 9.22 Å². The number of halogens is 1. The van der Waals surface area contributed by atoms with Crippen molar-refractivity contribution < 1.29 is 18.4 Å². The number of hydrogen-bond acceptors (Lipinski definition) is 3. The molecule has 172 valence electrons. The summed E-state index contributed by atoms with van der Waals surface area (Å²) >= 11 is 1.56. The van der Waals surface area contributed by atoms with Crippen LogP contribution in [-0.2, 0) is 17.7 Å². The van der Waals surface area contributed by atoms with Crippen LogP contribution in [0.2, 0.25) is 0 Å². The number of fused-ring (bicyclic) bond motifs is 3. The molecule has 33 heavy (non-hydrogen) atoms. The number of quaternary nitrogens is 1. The van der Waals surface area contributed by atoms with E-state index < -0.39 is 11.9 Å². The standard InChI is InChI=1S/C27H30FN2O2S/c28-24-10-4-5-11-25(24)29(19-23-9-6-18-33-23)27(31)32-26-20-30(16-13-22(26)14-17-30)15-12-21-7-2-1-3-8-21/h1-11,18,22,26H,12-17,19-20H2/q+1/t22?,26-,30?/m0/s1. The summed E-state index contributed by atoms with van der Waals surface area (Å²) in [5, 5.41) is 1.97. The van der Waals surface area contributed by atoms with Gasteiger partial charge in [0.05, 0.1) is 31.9 Å². The van der Waals surface area contributed by atoms with E-state index in [1.54, 1.807) is 29.5 Å². The summed E-state index contributed by atoms with van der Waals surface area (Å²) in [7, 11) is 0. The largest absolute Gasteiger partial charge is 0.440 e. The van der Waals surface area contributed by atoms with Gasteiger partial charge in [-0.2, -0.15) is 0 Å². The Morgan fingerprint density at radius 1 is 1.03 bits per heavy atom. The zero-order chi connectivity index (χ0) is 22.7. The van der Waals surface area contributed by atoms with Gasteiger partial charge in [0.25, 0.3) is 0 Å². The maximum absolute atomic E-state index is 14.6. The first-order valence-corrected chi connectivity index (χ1v) is 12.6. The van der Waals surface area contributed by atoms with Crippen molar-refractivity contribution in [1.29, 1.82) is 0 Å². The van der Waals surface area contributed by atoms with Crippen LogP contribution in [0.4, 0.5) is 14.9 Å². The van der Waals surface area contributed by atoms with Crippen molar-refractivity contribution in [2.45, 2.75) is 31.9 Å². The van der Waals surface area contributed by atoms with Gasteiger partial charge in [-0.15, -0.1) is 11.3 Å². The van der Waals surface area contributed by atoms with Crippen molar-refractivity contribution in [3.8, 4) is 0 Å². The molecular formula is C27H30FN2O2S+. The van der Waals surface area contributed by atoms with Crippen molar-refractivity contribution in [2.24, 2.45) is 5.92 Å². The van der Waals surface area contributed by atoms with Crippen LogP contribution < -0.4 is 4.90 Å². The number of para-hydroxylation sites is 1. The molecule has 4 nitrogen and oxygen atoms in total. The van der Waals surface area contributed by atoms with Gasteiger partial charge in [0, 0.05) is 30.1 Å². The van der Waals surface area contributed by atoms with Gasteiger partial charge in [0.1, 0.15) is 12.4 Å². The molecule has 6 rings (SSSR count). The quantitative estimate of drug-likeness (QED) is 0.408. The number of amides is 1. The number of benzene rings is 2. The fourth-order valence-corrected chi connectivity index (χ4v) is 6.04. The molecule has 0 aliphatic carbocycles. The van der Waals surface area contributed by atoms with E-state index in [9.17, 15) is 9.18 Å². The van der Waals surface area contributed by atoms with E-state index in [-0.39, 0.29) is 11.8 Å². The van der Waals surface area contributed by atoms with Gasteiger partial charge >= 0.3 is 6.09 Å². The predicted molar refractivity (Wildman–Crippen MR) is 130 cm³/mol. The monoisotopic (exact) mass is 465 g/mol. The molecule has 2 bridgehead atoms. The van der Waals surface area contributed by atoms with Crippen LogP contribution in [0.3, 0.4) is 0 Å². The summed E-state index contributed by atoms with van der Waals surface area (Å²) in [6, 6.07) is 20.9. The molecule has 3 fully saturated rings. The van der Waals surface area contributed by atoms with Crippen molar-refractivity contribution in [1.82, 2.24) is 0 Å². The SMILES string of the molecule is O=C(O[C@H]1C[N+]2(CCc3ccccc3)CCC1CC2)N(Cc1cccs1)c1ccccc1F. The van der Waals surface area contributed by atoms with Crippen molar-refractivity contribution in [3.63, 3.8) is 0 Å². The topological polar surface area (TPSA) is 29.5 Å². The van der Waals surface area contributed by atoms with Gasteiger partial charge in [-0.3, -0.25) is 4.90 Å². The Morgan fingerprint density at radius 2 is 1.79 bits per heavy atom. The maximum Gasteiger partial charge on any atom is 0.415 e. The molecule has 0 saturated carbocycles. The maximum atomic E-state index is 14.6. The van der Waals surface area contributed by atoms with Crippen molar-refractivity contribution >= 4 is 23.1 Å². The summed E-state index contributed by atoms with van der Waals surface area (Å²) in [6.45, 7) is 4.53. The highest BCUT2D eigenvalue weighted by atomic mass is 32.1. The zero-order valence-electron chi connectivity index (χ0n) is 18.7. The lowest BCUT2D eigenvalue weighted by Gasteiger charge is -2.52. The lowest BCUT2D eigenvalue weighted by molar-refractivity contribution is -0.945. The second-order valence-electron chi connectivity index (χ2n) is 9.31. The molecule has 1 aromatic heterocycles. The van der Waals surface area contributed by atoms with Crippen LogP contribution >= 0.6 is 11.3 Å². The average molecular weight is 466 g/mol. The normalized spacial score (nSPS) is 23.9. The lowest BCUT2D eigenvalue weighted by atomic mass is 9.83. The van der Waals surface area contributed by atoms with E-state index in [1.165, 1.54) is 16.5 Å². The molecule has 0 spiro atoms. The number of hydrogen-bond donors (Lipinski definition) is 0. The highest BCUT2D eigenvalue weighted by Crippen LogP contribution is 2.36. The molecule has 1 atom stereocenters. The minimum absolute atomic E-state index is 0.117. The Kier molecular flexibility index (Phi) is 6.47. The number of anilines is 1. The highest BCUT2D eigenvalue weighted by molar-refractivity contribution is 7.09. The predicted octanol–water partition coefficient (Wildman–Crippen LogP) is 5.88. The fourth-order valence-electron chi connectivity index (χ4n) is 5.35. The first-order valence-electron chi connectivity index (χ1n) is 11.8. The molecule has 2 aromatic carbocycles. The summed E-state index contributed by atoms with van der Waals surface area (Å²) in [5.74, 6) is -0.0128. The number of nitrogens with zero attached hydrogens (tertiary/aromatic N) is 2. The third-order valence-corrected chi connectivity index (χ3v) is 8.13. The number of ether oxygens (including phenoxy) is 1. The molecule has 0 radical (unpaired) electrons. The average Bonchev–Trinajstić information content (AvgIpc) is 3.37. The Bertz CT molecular complexity index is 1060. The molecule has 3 aliphatic rings. The third-order valence-electron chi connectivity index (χ3n) is 7.27. The van der Waals surface area contributed by atoms with Crippen molar-refractivity contribution in [3.05, 3.63) is 88.4 Å². The third kappa shape index (κ3) is 4.97. The second kappa shape index (κ2) is 9.65. The van der Waals surface area contributed by atoms with E-state index in [1.807, 2.05) is 17.5 Å². The molecule has 4 heterocycles. The van der Waals surface area contributed by atoms with Crippen LogP contribution in [0.5, 0.6) is 0 Å². The Hall–Kier alpha value is -2.70. The summed E-state index contributed by atoms with van der Waals surface area (Å²) in [6.07, 6.45) is 2.63. The lowest BCUT2D eigenvalue weighted by Crippen LogP contribution is -2.65. The smallest absolute Gasteiger partial charge is 0.415 e. The Morgan fingerprint density at radius 3 is 2.52 bits per heavy atom. The fraction of sp³-hybridized carbons (Fsp3) is 0.370. The molecule has 6 heteroatoms. The second-order valence-corrected chi connectivity index (χ2v) is 10.3. The number of rotatable bonds is 7. The summed E-state index contributed by atoms with van der Waals surface area (Å²) < 4.78 is 21.8. The molecular weight excluding hydrogens is 435 g/mol. The van der Waals surface area contributed by atoms with Crippen LogP contribution in [-0.4, -0.2) is 42.9 Å². The van der Waals surface area contributed by atoms with E-state index in [0.29, 0.717) is 12.5 Å². The van der Waals surface area contributed by atoms with Gasteiger partial charge in [0.15, 0.2) is 6.10 Å². The number of piperidine rings is 3. The van der Waals surface area contributed by atoms with E-state index in [0.717, 1.165) is 54.8 Å². The highest BCUT2D eigenvalue weighted by Gasteiger charge is 2.47. The van der Waals surface area contributed by atoms with Gasteiger partial charge in [-0.25, -0.2) is 9.18 Å². The van der Waals surface area contributed by atoms with Crippen molar-refractivity contribution in [2.75, 3.05) is 31.1 Å². The Labute approximate surface area is 198 Å². The zero-order valence-corrected chi connectivity index (χ0v) is 19.6. The Balaban J connectivity index is 1.30. The minimum atomic E-state index is -0.451. The van der Waals surface area contributed by atoms with Crippen LogP contribution in [0.15, 0.2) is 72.1 Å². The molecule has 1 amide bonds. The first kappa shape index (κ1) is 22.1. The van der Waals surface area contributed by atoms with Crippen LogP contribution in [0.25, 0.3) is 0 Å². The van der Waals surface area contributed by atoms with E-state index >= 15 is 0 Å². The number of carbonyl (C=O) groups is 1. The van der Waals surface area contributed by atoms with Crippen LogP contribution in [0.1, 0.15) is 23.3 Å². The number of carbonyl (C=O) groups excluding carboxylic acids is 1. The molecule has 3 aliphatic heterocycles. The molecule has 0 N–H and O–H groups in total. The minimum Gasteiger partial charge on any atom is -0.440 e. The molecule has 3 saturated heterocycles. The number of thiophene rings is 1. The summed E-state index contributed by atoms with van der Waals surface area (Å²) in [4.78, 5) is 15.8. The van der Waals surface area contributed by atoms with Gasteiger partial charge in [-0.05, 0) is 29.1 Å². The van der Waals surface area contributed by atoms with Crippen LogP contribution in [0, 0.1) is 11.7 Å². The molecule has 0 unspecified atom stereocenters. The van der Waals surface area contributed by atoms with E-state index in [4.69, 9.17) is 4.74 Å². The first-order chi connectivity index (χ1) is 16.1.